The van der Waals surface area contributed by atoms with E-state index in [2.05, 4.69) is 64.3 Å². The van der Waals surface area contributed by atoms with E-state index in [1.54, 1.807) is 23.4 Å². The molecule has 4 rings (SSSR count). The zero-order valence-corrected chi connectivity index (χ0v) is 22.0. The summed E-state index contributed by atoms with van der Waals surface area (Å²) in [6, 6.07) is 13.5. The fourth-order valence-electron chi connectivity index (χ4n) is 3.79. The number of thioether (sulfide) groups is 1. The molecule has 178 valence electrons. The highest BCUT2D eigenvalue weighted by molar-refractivity contribution is 9.10. The summed E-state index contributed by atoms with van der Waals surface area (Å²) < 4.78 is 14.3. The van der Waals surface area contributed by atoms with Crippen LogP contribution in [-0.2, 0) is 16.1 Å². The molecule has 2 aromatic carbocycles. The van der Waals surface area contributed by atoms with Crippen LogP contribution >= 0.6 is 27.7 Å². The maximum atomic E-state index is 13.1. The molecule has 0 radical (unpaired) electrons. The second-order valence-corrected chi connectivity index (χ2v) is 9.99. The molecule has 1 unspecified atom stereocenters. The van der Waals surface area contributed by atoms with Crippen LogP contribution in [0.25, 0.3) is 0 Å². The number of rotatable bonds is 8. The Balaban J connectivity index is 1.80. The third-order valence-electron chi connectivity index (χ3n) is 5.38. The van der Waals surface area contributed by atoms with Crippen molar-refractivity contribution < 1.29 is 14.3 Å². The largest absolute Gasteiger partial charge is 0.489 e. The second-order valence-electron chi connectivity index (χ2n) is 7.84. The highest BCUT2D eigenvalue weighted by Crippen LogP contribution is 2.41. The monoisotopic (exact) mass is 542 g/mol. The van der Waals surface area contributed by atoms with Crippen LogP contribution < -0.4 is 10.1 Å². The molecule has 1 atom stereocenters. The van der Waals surface area contributed by atoms with Crippen LogP contribution in [0.4, 0.5) is 5.95 Å². The molecule has 0 saturated carbocycles. The van der Waals surface area contributed by atoms with Crippen LogP contribution in [0.1, 0.15) is 43.5 Å². The van der Waals surface area contributed by atoms with E-state index in [4.69, 9.17) is 14.6 Å². The summed E-state index contributed by atoms with van der Waals surface area (Å²) in [5.41, 5.74) is 4.21. The molecule has 1 aliphatic heterocycles. The lowest BCUT2D eigenvalue weighted by molar-refractivity contribution is -0.139. The van der Waals surface area contributed by atoms with Crippen LogP contribution in [0.5, 0.6) is 5.75 Å². The van der Waals surface area contributed by atoms with Crippen molar-refractivity contribution in [1.29, 1.82) is 0 Å². The Kier molecular flexibility index (Phi) is 7.63. The van der Waals surface area contributed by atoms with Crippen molar-refractivity contribution in [3.8, 4) is 5.75 Å². The van der Waals surface area contributed by atoms with Crippen molar-refractivity contribution in [2.24, 2.45) is 0 Å². The van der Waals surface area contributed by atoms with E-state index < -0.39 is 12.0 Å². The Morgan fingerprint density at radius 3 is 2.65 bits per heavy atom. The molecule has 3 aromatic rings. The predicted molar refractivity (Wildman–Crippen MR) is 137 cm³/mol. The topological polar surface area (TPSA) is 78.3 Å². The smallest absolute Gasteiger partial charge is 0.338 e. The van der Waals surface area contributed by atoms with Crippen molar-refractivity contribution in [2.45, 2.75) is 45.5 Å². The van der Waals surface area contributed by atoms with Gasteiger partial charge in [-0.05, 0) is 50.3 Å². The minimum Gasteiger partial charge on any atom is -0.489 e. The van der Waals surface area contributed by atoms with Crippen molar-refractivity contribution in [3.05, 3.63) is 74.9 Å². The van der Waals surface area contributed by atoms with Gasteiger partial charge < -0.3 is 14.8 Å². The Labute approximate surface area is 212 Å². The summed E-state index contributed by atoms with van der Waals surface area (Å²) in [6.07, 6.45) is 0. The molecule has 2 heterocycles. The van der Waals surface area contributed by atoms with Gasteiger partial charge in [0.1, 0.15) is 18.4 Å². The summed E-state index contributed by atoms with van der Waals surface area (Å²) in [6.45, 7) is 8.44. The Bertz CT molecular complexity index is 1220. The number of allylic oxidation sites excluding steroid dienone is 1. The fourth-order valence-corrected chi connectivity index (χ4v) is 4.73. The first-order valence-electron chi connectivity index (χ1n) is 11.1. The summed E-state index contributed by atoms with van der Waals surface area (Å²) >= 11 is 5.13. The third-order valence-corrected chi connectivity index (χ3v) is 6.60. The molecule has 0 aliphatic carbocycles. The molecule has 0 bridgehead atoms. The van der Waals surface area contributed by atoms with Gasteiger partial charge in [0.2, 0.25) is 11.1 Å². The number of carbonyl (C=O) groups is 1. The summed E-state index contributed by atoms with van der Waals surface area (Å²) in [7, 11) is 0. The van der Waals surface area contributed by atoms with Crippen LogP contribution in [0.2, 0.25) is 0 Å². The number of ether oxygens (including phenoxy) is 2. The van der Waals surface area contributed by atoms with Gasteiger partial charge in [0, 0.05) is 15.7 Å². The number of esters is 1. The van der Waals surface area contributed by atoms with Crippen LogP contribution in [0.3, 0.4) is 0 Å². The minimum atomic E-state index is -0.556. The minimum absolute atomic E-state index is 0.277. The summed E-state index contributed by atoms with van der Waals surface area (Å²) in [5.74, 6) is 1.69. The molecule has 1 aliphatic rings. The van der Waals surface area contributed by atoms with E-state index >= 15 is 0 Å². The van der Waals surface area contributed by atoms with E-state index in [0.29, 0.717) is 34.7 Å². The summed E-state index contributed by atoms with van der Waals surface area (Å²) in [5, 5.41) is 8.59. The molecular formula is C25H27BrN4O3S. The van der Waals surface area contributed by atoms with E-state index in [9.17, 15) is 4.79 Å². The van der Waals surface area contributed by atoms with Crippen LogP contribution in [-0.4, -0.2) is 33.1 Å². The number of nitrogens with one attached hydrogen (secondary N) is 1. The van der Waals surface area contributed by atoms with Crippen LogP contribution in [0, 0.1) is 6.92 Å². The van der Waals surface area contributed by atoms with Gasteiger partial charge in [-0.25, -0.2) is 9.48 Å². The second kappa shape index (κ2) is 10.7. The quantitative estimate of drug-likeness (QED) is 0.280. The molecule has 1 N–H and O–H groups in total. The number of fused-ring (bicyclic) bond motifs is 1. The summed E-state index contributed by atoms with van der Waals surface area (Å²) in [4.78, 5) is 17.7. The Morgan fingerprint density at radius 1 is 1.18 bits per heavy atom. The first kappa shape index (κ1) is 24.3. The highest BCUT2D eigenvalue weighted by atomic mass is 79.9. The SMILES string of the molecule is CCOC(=O)C1=C(C)Nc2nc(SCC)nn2C1c1cc(Br)ccc1OCc1ccc(C)cc1. The van der Waals surface area contributed by atoms with E-state index in [-0.39, 0.29) is 6.61 Å². The van der Waals surface area contributed by atoms with Crippen molar-refractivity contribution in [2.75, 3.05) is 17.7 Å². The standard InChI is InChI=1S/C25H27BrN4O3S/c1-5-32-23(31)21-16(4)27-24-28-25(34-6-2)29-30(24)22(21)19-13-18(26)11-12-20(19)33-14-17-9-7-15(3)8-10-17/h7-13,22H,5-6,14H2,1-4H3,(H,27,28,29). The number of carbonyl (C=O) groups excluding carboxylic acids is 1. The van der Waals surface area contributed by atoms with Gasteiger partial charge in [0.25, 0.3) is 0 Å². The Morgan fingerprint density at radius 2 is 1.94 bits per heavy atom. The normalized spacial score (nSPS) is 15.0. The molecule has 0 spiro atoms. The first-order chi connectivity index (χ1) is 16.4. The van der Waals surface area contributed by atoms with E-state index in [0.717, 1.165) is 21.4 Å². The van der Waals surface area contributed by atoms with Gasteiger partial charge in [0.15, 0.2) is 0 Å². The highest BCUT2D eigenvalue weighted by Gasteiger charge is 2.37. The average Bonchev–Trinajstić information content (AvgIpc) is 3.20. The van der Waals surface area contributed by atoms with Crippen molar-refractivity contribution in [1.82, 2.24) is 14.8 Å². The van der Waals surface area contributed by atoms with Crippen molar-refractivity contribution in [3.63, 3.8) is 0 Å². The number of aromatic nitrogens is 3. The number of aryl methyl sites for hydroxylation is 1. The molecule has 0 amide bonds. The van der Waals surface area contributed by atoms with Crippen LogP contribution in [0.15, 0.2) is 63.4 Å². The Hall–Kier alpha value is -2.78. The predicted octanol–water partition coefficient (Wildman–Crippen LogP) is 5.89. The van der Waals surface area contributed by atoms with Gasteiger partial charge in [-0.2, -0.15) is 4.98 Å². The lowest BCUT2D eigenvalue weighted by Gasteiger charge is -2.29. The first-order valence-corrected chi connectivity index (χ1v) is 12.9. The lowest BCUT2D eigenvalue weighted by atomic mass is 9.95. The zero-order chi connectivity index (χ0) is 24.2. The van der Waals surface area contributed by atoms with Crippen molar-refractivity contribution >= 4 is 39.6 Å². The molecule has 34 heavy (non-hydrogen) atoms. The van der Waals surface area contributed by atoms with Gasteiger partial charge in [0.05, 0.1) is 12.2 Å². The number of hydrogen-bond donors (Lipinski definition) is 1. The number of anilines is 1. The van der Waals surface area contributed by atoms with Gasteiger partial charge in [-0.15, -0.1) is 5.10 Å². The number of hydrogen-bond acceptors (Lipinski definition) is 7. The molecular weight excluding hydrogens is 516 g/mol. The molecule has 1 aromatic heterocycles. The van der Waals surface area contributed by atoms with Gasteiger partial charge in [-0.1, -0.05) is 64.4 Å². The fraction of sp³-hybridized carbons (Fsp3) is 0.320. The number of halogens is 1. The van der Waals surface area contributed by atoms with Gasteiger partial charge >= 0.3 is 5.97 Å². The maximum absolute atomic E-state index is 13.1. The molecule has 0 saturated heterocycles. The number of nitrogens with zero attached hydrogens (tertiary/aromatic N) is 3. The maximum Gasteiger partial charge on any atom is 0.338 e. The molecule has 7 nitrogen and oxygen atoms in total. The zero-order valence-electron chi connectivity index (χ0n) is 19.6. The average molecular weight is 543 g/mol. The lowest BCUT2D eigenvalue weighted by Crippen LogP contribution is -2.30. The molecule has 0 fully saturated rings. The van der Waals surface area contributed by atoms with E-state index in [1.807, 2.05) is 25.1 Å². The van der Waals surface area contributed by atoms with Gasteiger partial charge in [-0.3, -0.25) is 0 Å². The van der Waals surface area contributed by atoms with E-state index in [1.165, 1.54) is 5.56 Å². The third kappa shape index (κ3) is 5.15. The number of benzene rings is 2. The molecule has 9 heteroatoms.